The van der Waals surface area contributed by atoms with E-state index >= 15 is 0 Å². The molecule has 2 heterocycles. The second-order valence-corrected chi connectivity index (χ2v) is 8.11. The second-order valence-electron chi connectivity index (χ2n) is 8.11. The van der Waals surface area contributed by atoms with Gasteiger partial charge in [-0.25, -0.2) is 4.98 Å². The standard InChI is InChI=1S/C25H30N4O/c1-3-4-13-28(17-20-9-6-5-7-10-20)14-8-15-29-18-26-23-21-16-19(2)11-12-22(21)27-24(23)25(29)30/h5-7,9-12,16,18,27H,3-4,8,13-15,17H2,1-2H3. The third kappa shape index (κ3) is 4.46. The van der Waals surface area contributed by atoms with E-state index in [-0.39, 0.29) is 5.56 Å². The zero-order chi connectivity index (χ0) is 20.9. The number of H-pyrrole nitrogens is 1. The fourth-order valence-corrected chi connectivity index (χ4v) is 4.02. The molecular formula is C25H30N4O. The van der Waals surface area contributed by atoms with Gasteiger partial charge in [0.2, 0.25) is 0 Å². The summed E-state index contributed by atoms with van der Waals surface area (Å²) in [5.41, 5.74) is 4.85. The summed E-state index contributed by atoms with van der Waals surface area (Å²) in [6, 6.07) is 16.8. The Morgan fingerprint density at radius 1 is 1.07 bits per heavy atom. The summed E-state index contributed by atoms with van der Waals surface area (Å²) < 4.78 is 1.74. The van der Waals surface area contributed by atoms with Gasteiger partial charge in [-0.2, -0.15) is 0 Å². The van der Waals surface area contributed by atoms with Crippen LogP contribution < -0.4 is 5.56 Å². The summed E-state index contributed by atoms with van der Waals surface area (Å²) in [5, 5.41) is 1.02. The molecule has 0 fully saturated rings. The lowest BCUT2D eigenvalue weighted by Gasteiger charge is -2.22. The molecule has 0 radical (unpaired) electrons. The Bertz CT molecular complexity index is 1180. The number of nitrogens with one attached hydrogen (secondary N) is 1. The number of hydrogen-bond acceptors (Lipinski definition) is 3. The lowest BCUT2D eigenvalue weighted by Crippen LogP contribution is -2.28. The Labute approximate surface area is 177 Å². The van der Waals surface area contributed by atoms with Crippen LogP contribution in [-0.2, 0) is 13.1 Å². The third-order valence-electron chi connectivity index (χ3n) is 5.68. The van der Waals surface area contributed by atoms with Crippen molar-refractivity contribution in [3.05, 3.63) is 76.3 Å². The Kier molecular flexibility index (Phi) is 6.29. The predicted octanol–water partition coefficient (Wildman–Crippen LogP) is 4.88. The van der Waals surface area contributed by atoms with Gasteiger partial charge < -0.3 is 4.98 Å². The average molecular weight is 403 g/mol. The van der Waals surface area contributed by atoms with E-state index in [1.54, 1.807) is 10.9 Å². The first-order valence-corrected chi connectivity index (χ1v) is 10.9. The molecule has 0 spiro atoms. The number of hydrogen-bond donors (Lipinski definition) is 1. The summed E-state index contributed by atoms with van der Waals surface area (Å²) in [6.07, 6.45) is 5.00. The quantitative estimate of drug-likeness (QED) is 0.434. The molecule has 0 saturated carbocycles. The van der Waals surface area contributed by atoms with Gasteiger partial charge in [0.25, 0.3) is 5.56 Å². The topological polar surface area (TPSA) is 53.9 Å². The van der Waals surface area contributed by atoms with Crippen LogP contribution in [0, 0.1) is 6.92 Å². The predicted molar refractivity (Wildman–Crippen MR) is 124 cm³/mol. The van der Waals surface area contributed by atoms with E-state index in [1.165, 1.54) is 24.0 Å². The molecule has 0 aliphatic carbocycles. The fraction of sp³-hybridized carbons (Fsp3) is 0.360. The van der Waals surface area contributed by atoms with Crippen LogP contribution in [0.4, 0.5) is 0 Å². The molecule has 0 atom stereocenters. The molecule has 0 bridgehead atoms. The van der Waals surface area contributed by atoms with E-state index in [0.29, 0.717) is 12.1 Å². The second kappa shape index (κ2) is 9.26. The van der Waals surface area contributed by atoms with Crippen LogP contribution in [0.3, 0.4) is 0 Å². The normalized spacial score (nSPS) is 11.7. The van der Waals surface area contributed by atoms with Crippen LogP contribution in [0.2, 0.25) is 0 Å². The summed E-state index contributed by atoms with van der Waals surface area (Å²) >= 11 is 0. The van der Waals surface area contributed by atoms with Crippen LogP contribution in [0.25, 0.3) is 21.9 Å². The number of benzene rings is 2. The van der Waals surface area contributed by atoms with Gasteiger partial charge in [0, 0.05) is 30.5 Å². The molecular weight excluding hydrogens is 372 g/mol. The highest BCUT2D eigenvalue weighted by atomic mass is 16.1. The van der Waals surface area contributed by atoms with Crippen molar-refractivity contribution in [1.82, 2.24) is 19.4 Å². The van der Waals surface area contributed by atoms with Crippen molar-refractivity contribution >= 4 is 21.9 Å². The number of rotatable bonds is 9. The van der Waals surface area contributed by atoms with E-state index in [0.717, 1.165) is 42.5 Å². The number of nitrogens with zero attached hydrogens (tertiary/aromatic N) is 3. The summed E-state index contributed by atoms with van der Waals surface area (Å²) in [5.74, 6) is 0. The minimum absolute atomic E-state index is 0.0111. The van der Waals surface area contributed by atoms with E-state index < -0.39 is 0 Å². The molecule has 2 aromatic heterocycles. The molecule has 0 aliphatic rings. The Morgan fingerprint density at radius 2 is 1.87 bits per heavy atom. The van der Waals surface area contributed by atoms with Crippen molar-refractivity contribution < 1.29 is 0 Å². The van der Waals surface area contributed by atoms with Crippen molar-refractivity contribution in [2.45, 2.75) is 46.2 Å². The van der Waals surface area contributed by atoms with Gasteiger partial charge in [-0.3, -0.25) is 14.3 Å². The minimum atomic E-state index is 0.0111. The van der Waals surface area contributed by atoms with Crippen molar-refractivity contribution in [1.29, 1.82) is 0 Å². The molecule has 0 unspecified atom stereocenters. The zero-order valence-corrected chi connectivity index (χ0v) is 17.9. The van der Waals surface area contributed by atoms with Gasteiger partial charge >= 0.3 is 0 Å². The number of aromatic amines is 1. The summed E-state index contributed by atoms with van der Waals surface area (Å²) in [6.45, 7) is 7.95. The number of unbranched alkanes of at least 4 members (excludes halogenated alkanes) is 1. The Hall–Kier alpha value is -2.92. The van der Waals surface area contributed by atoms with Gasteiger partial charge in [0.1, 0.15) is 11.0 Å². The molecule has 0 amide bonds. The average Bonchev–Trinajstić information content (AvgIpc) is 3.13. The van der Waals surface area contributed by atoms with Crippen LogP contribution in [0.15, 0.2) is 59.7 Å². The third-order valence-corrected chi connectivity index (χ3v) is 5.68. The van der Waals surface area contributed by atoms with E-state index in [2.05, 4.69) is 65.1 Å². The minimum Gasteiger partial charge on any atom is -0.349 e. The molecule has 4 rings (SSSR count). The van der Waals surface area contributed by atoms with Gasteiger partial charge in [-0.1, -0.05) is 55.3 Å². The lowest BCUT2D eigenvalue weighted by molar-refractivity contribution is 0.252. The van der Waals surface area contributed by atoms with Crippen molar-refractivity contribution in [2.24, 2.45) is 0 Å². The number of fused-ring (bicyclic) bond motifs is 3. The van der Waals surface area contributed by atoms with Gasteiger partial charge in [0.05, 0.1) is 6.33 Å². The first kappa shape index (κ1) is 20.4. The molecule has 5 heteroatoms. The Balaban J connectivity index is 1.47. The van der Waals surface area contributed by atoms with Gasteiger partial charge in [0.15, 0.2) is 0 Å². The van der Waals surface area contributed by atoms with Gasteiger partial charge in [-0.05, 0) is 44.0 Å². The molecule has 4 aromatic rings. The van der Waals surface area contributed by atoms with E-state index in [9.17, 15) is 4.79 Å². The maximum absolute atomic E-state index is 13.0. The summed E-state index contributed by atoms with van der Waals surface area (Å²) in [7, 11) is 0. The molecule has 30 heavy (non-hydrogen) atoms. The van der Waals surface area contributed by atoms with E-state index in [4.69, 9.17) is 0 Å². The molecule has 0 saturated heterocycles. The number of aromatic nitrogens is 3. The monoisotopic (exact) mass is 402 g/mol. The Morgan fingerprint density at radius 3 is 2.67 bits per heavy atom. The van der Waals surface area contributed by atoms with Crippen molar-refractivity contribution in [3.63, 3.8) is 0 Å². The highest BCUT2D eigenvalue weighted by molar-refractivity contribution is 6.04. The first-order chi connectivity index (χ1) is 14.7. The van der Waals surface area contributed by atoms with Crippen LogP contribution in [0.1, 0.15) is 37.3 Å². The molecule has 0 aliphatic heterocycles. The maximum atomic E-state index is 13.0. The van der Waals surface area contributed by atoms with Gasteiger partial charge in [-0.15, -0.1) is 0 Å². The maximum Gasteiger partial charge on any atom is 0.277 e. The molecule has 5 nitrogen and oxygen atoms in total. The first-order valence-electron chi connectivity index (χ1n) is 10.9. The van der Waals surface area contributed by atoms with Crippen LogP contribution in [-0.4, -0.2) is 32.5 Å². The van der Waals surface area contributed by atoms with Crippen molar-refractivity contribution in [2.75, 3.05) is 13.1 Å². The van der Waals surface area contributed by atoms with E-state index in [1.807, 2.05) is 12.1 Å². The van der Waals surface area contributed by atoms with Crippen molar-refractivity contribution in [3.8, 4) is 0 Å². The molecule has 156 valence electrons. The SMILES string of the molecule is CCCCN(CCCn1cnc2c([nH]c3ccc(C)cc32)c1=O)Cc1ccccc1. The molecule has 1 N–H and O–H groups in total. The largest absolute Gasteiger partial charge is 0.349 e. The van der Waals surface area contributed by atoms with Crippen LogP contribution >= 0.6 is 0 Å². The smallest absolute Gasteiger partial charge is 0.277 e. The zero-order valence-electron chi connectivity index (χ0n) is 17.9. The number of aryl methyl sites for hydroxylation is 2. The summed E-state index contributed by atoms with van der Waals surface area (Å²) in [4.78, 5) is 23.4. The van der Waals surface area contributed by atoms with Crippen LogP contribution in [0.5, 0.6) is 0 Å². The lowest BCUT2D eigenvalue weighted by atomic mass is 10.2. The highest BCUT2D eigenvalue weighted by Crippen LogP contribution is 2.22. The molecule has 2 aromatic carbocycles. The highest BCUT2D eigenvalue weighted by Gasteiger charge is 2.12. The fourth-order valence-electron chi connectivity index (χ4n) is 4.02.